The third kappa shape index (κ3) is 3.38. The van der Waals surface area contributed by atoms with E-state index in [4.69, 9.17) is 4.74 Å². The minimum atomic E-state index is -0.214. The molecule has 1 aliphatic rings. The molecule has 0 atom stereocenters. The lowest BCUT2D eigenvalue weighted by Crippen LogP contribution is -2.02. The molecule has 6 nitrogen and oxygen atoms in total. The van der Waals surface area contributed by atoms with E-state index in [1.54, 1.807) is 19.4 Å². The van der Waals surface area contributed by atoms with Gasteiger partial charge in [0.25, 0.3) is 0 Å². The van der Waals surface area contributed by atoms with Gasteiger partial charge in [-0.05, 0) is 49.2 Å². The van der Waals surface area contributed by atoms with Gasteiger partial charge in [-0.3, -0.25) is 4.98 Å². The van der Waals surface area contributed by atoms with E-state index in [0.717, 1.165) is 34.0 Å². The average Bonchev–Trinajstić information content (AvgIpc) is 3.07. The molecule has 3 aromatic rings. The standard InChI is InChI=1S/C21H20FN5O/c1-12-8-20(23-2)27-21(25-12)26-14-5-7-19(28-3)15(10-14)18-9-13-4-6-17(22)16(13)11-24-18/h5-11H,4H2,1-3H3,(H2,23,25,26,27). The van der Waals surface area contributed by atoms with Crippen LogP contribution in [0.25, 0.3) is 17.1 Å². The predicted octanol–water partition coefficient (Wildman–Crippen LogP) is 4.51. The van der Waals surface area contributed by atoms with Crippen molar-refractivity contribution >= 4 is 23.3 Å². The molecule has 2 aromatic heterocycles. The maximum absolute atomic E-state index is 13.8. The average molecular weight is 377 g/mol. The van der Waals surface area contributed by atoms with Crippen molar-refractivity contribution in [3.63, 3.8) is 0 Å². The Labute approximate surface area is 162 Å². The first-order valence-corrected chi connectivity index (χ1v) is 8.91. The predicted molar refractivity (Wildman–Crippen MR) is 109 cm³/mol. The number of aromatic nitrogens is 3. The zero-order valence-electron chi connectivity index (χ0n) is 15.9. The van der Waals surface area contributed by atoms with Gasteiger partial charge in [0.15, 0.2) is 0 Å². The zero-order valence-corrected chi connectivity index (χ0v) is 15.9. The summed E-state index contributed by atoms with van der Waals surface area (Å²) in [6.07, 6.45) is 3.71. The van der Waals surface area contributed by atoms with Gasteiger partial charge in [0.2, 0.25) is 5.95 Å². The van der Waals surface area contributed by atoms with Gasteiger partial charge in [-0.1, -0.05) is 0 Å². The fraction of sp³-hybridized carbons (Fsp3) is 0.190. The third-order valence-corrected chi connectivity index (χ3v) is 4.59. The monoisotopic (exact) mass is 377 g/mol. The number of ether oxygens (including phenoxy) is 1. The second-order valence-electron chi connectivity index (χ2n) is 6.49. The van der Waals surface area contributed by atoms with Crippen molar-refractivity contribution in [3.8, 4) is 17.0 Å². The number of pyridine rings is 1. The minimum Gasteiger partial charge on any atom is -0.496 e. The van der Waals surface area contributed by atoms with E-state index in [1.165, 1.54) is 0 Å². The van der Waals surface area contributed by atoms with Crippen LogP contribution in [0.2, 0.25) is 0 Å². The summed E-state index contributed by atoms with van der Waals surface area (Å²) in [6, 6.07) is 9.45. The highest BCUT2D eigenvalue weighted by atomic mass is 19.1. The van der Waals surface area contributed by atoms with E-state index in [2.05, 4.69) is 25.6 Å². The summed E-state index contributed by atoms with van der Waals surface area (Å²) in [7, 11) is 3.43. The van der Waals surface area contributed by atoms with Crippen molar-refractivity contribution in [2.24, 2.45) is 0 Å². The number of nitrogens with zero attached hydrogens (tertiary/aromatic N) is 3. The first kappa shape index (κ1) is 17.9. The van der Waals surface area contributed by atoms with Crippen LogP contribution in [0.15, 0.2) is 42.6 Å². The number of fused-ring (bicyclic) bond motifs is 1. The number of halogens is 1. The number of anilines is 3. The zero-order chi connectivity index (χ0) is 19.7. The van der Waals surface area contributed by atoms with Gasteiger partial charge in [0.1, 0.15) is 17.4 Å². The van der Waals surface area contributed by atoms with Crippen molar-refractivity contribution in [1.82, 2.24) is 15.0 Å². The molecule has 4 rings (SSSR count). The van der Waals surface area contributed by atoms with Crippen LogP contribution < -0.4 is 15.4 Å². The van der Waals surface area contributed by atoms with E-state index in [1.807, 2.05) is 44.3 Å². The van der Waals surface area contributed by atoms with Gasteiger partial charge in [-0.25, -0.2) is 9.37 Å². The van der Waals surface area contributed by atoms with Crippen molar-refractivity contribution in [1.29, 1.82) is 0 Å². The fourth-order valence-corrected chi connectivity index (χ4v) is 3.21. The maximum Gasteiger partial charge on any atom is 0.229 e. The molecule has 0 saturated carbocycles. The van der Waals surface area contributed by atoms with Crippen LogP contribution in [-0.2, 0) is 6.42 Å². The van der Waals surface area contributed by atoms with Crippen LogP contribution in [0.4, 0.5) is 21.8 Å². The number of aryl methyl sites for hydroxylation is 1. The maximum atomic E-state index is 13.8. The lowest BCUT2D eigenvalue weighted by Gasteiger charge is -2.13. The summed E-state index contributed by atoms with van der Waals surface area (Å²) < 4.78 is 19.3. The highest BCUT2D eigenvalue weighted by molar-refractivity contribution is 5.76. The number of hydrogen-bond donors (Lipinski definition) is 2. The lowest BCUT2D eigenvalue weighted by atomic mass is 10.0. The largest absolute Gasteiger partial charge is 0.496 e. The third-order valence-electron chi connectivity index (χ3n) is 4.59. The summed E-state index contributed by atoms with van der Waals surface area (Å²) in [6.45, 7) is 1.91. The Morgan fingerprint density at radius 1 is 1.11 bits per heavy atom. The van der Waals surface area contributed by atoms with Crippen molar-refractivity contribution in [3.05, 3.63) is 59.4 Å². The second kappa shape index (κ2) is 7.26. The van der Waals surface area contributed by atoms with Gasteiger partial charge in [-0.15, -0.1) is 0 Å². The molecule has 0 amide bonds. The molecule has 0 spiro atoms. The van der Waals surface area contributed by atoms with Gasteiger partial charge in [0.05, 0.1) is 12.8 Å². The molecule has 7 heteroatoms. The van der Waals surface area contributed by atoms with E-state index >= 15 is 0 Å². The van der Waals surface area contributed by atoms with Crippen molar-refractivity contribution in [2.45, 2.75) is 13.3 Å². The van der Waals surface area contributed by atoms with Gasteiger partial charge < -0.3 is 15.4 Å². The number of methoxy groups -OCH3 is 1. The molecule has 0 saturated heterocycles. The first-order valence-electron chi connectivity index (χ1n) is 8.91. The highest BCUT2D eigenvalue weighted by Crippen LogP contribution is 2.35. The van der Waals surface area contributed by atoms with E-state index < -0.39 is 0 Å². The Balaban J connectivity index is 1.70. The highest BCUT2D eigenvalue weighted by Gasteiger charge is 2.17. The quantitative estimate of drug-likeness (QED) is 0.682. The van der Waals surface area contributed by atoms with Gasteiger partial charge in [0, 0.05) is 41.8 Å². The first-order chi connectivity index (χ1) is 13.6. The number of rotatable bonds is 5. The fourth-order valence-electron chi connectivity index (χ4n) is 3.21. The molecule has 142 valence electrons. The Morgan fingerprint density at radius 2 is 1.96 bits per heavy atom. The SMILES string of the molecule is CNc1cc(C)nc(Nc2ccc(OC)c(-c3cc4c(cn3)C(F)=CC4)c2)n1. The van der Waals surface area contributed by atoms with E-state index in [0.29, 0.717) is 23.7 Å². The summed E-state index contributed by atoms with van der Waals surface area (Å²) in [4.78, 5) is 13.3. The minimum absolute atomic E-state index is 0.214. The Bertz CT molecular complexity index is 1080. The topological polar surface area (TPSA) is 72.0 Å². The number of nitrogens with one attached hydrogen (secondary N) is 2. The number of allylic oxidation sites excluding steroid dienone is 1. The summed E-state index contributed by atoms with van der Waals surface area (Å²) in [5.41, 5.74) is 4.67. The molecule has 1 aliphatic carbocycles. The molecule has 2 N–H and O–H groups in total. The van der Waals surface area contributed by atoms with Crippen LogP contribution >= 0.6 is 0 Å². The molecular formula is C21H20FN5O. The molecule has 0 unspecified atom stereocenters. The second-order valence-corrected chi connectivity index (χ2v) is 6.49. The number of benzene rings is 1. The van der Waals surface area contributed by atoms with Gasteiger partial charge >= 0.3 is 0 Å². The molecule has 0 fully saturated rings. The Kier molecular flexibility index (Phi) is 4.65. The van der Waals surface area contributed by atoms with Crippen LogP contribution in [0.5, 0.6) is 5.75 Å². The van der Waals surface area contributed by atoms with E-state index in [9.17, 15) is 4.39 Å². The Morgan fingerprint density at radius 3 is 2.75 bits per heavy atom. The number of hydrogen-bond acceptors (Lipinski definition) is 6. The van der Waals surface area contributed by atoms with Crippen LogP contribution in [0.3, 0.4) is 0 Å². The van der Waals surface area contributed by atoms with Gasteiger partial charge in [-0.2, -0.15) is 4.98 Å². The molecule has 0 aliphatic heterocycles. The van der Waals surface area contributed by atoms with Crippen LogP contribution in [0.1, 0.15) is 16.8 Å². The van der Waals surface area contributed by atoms with Crippen molar-refractivity contribution in [2.75, 3.05) is 24.8 Å². The van der Waals surface area contributed by atoms with E-state index in [-0.39, 0.29) is 5.83 Å². The molecule has 0 bridgehead atoms. The molecule has 28 heavy (non-hydrogen) atoms. The summed E-state index contributed by atoms with van der Waals surface area (Å²) in [5, 5.41) is 6.24. The summed E-state index contributed by atoms with van der Waals surface area (Å²) in [5.74, 6) is 1.70. The van der Waals surface area contributed by atoms with Crippen LogP contribution in [-0.4, -0.2) is 29.1 Å². The normalized spacial score (nSPS) is 12.4. The molecule has 0 radical (unpaired) electrons. The smallest absolute Gasteiger partial charge is 0.229 e. The Hall–Kier alpha value is -3.48. The van der Waals surface area contributed by atoms with Crippen molar-refractivity contribution < 1.29 is 9.13 Å². The molecule has 2 heterocycles. The van der Waals surface area contributed by atoms with Crippen LogP contribution in [0, 0.1) is 6.92 Å². The summed E-state index contributed by atoms with van der Waals surface area (Å²) >= 11 is 0. The molecule has 1 aromatic carbocycles. The lowest BCUT2D eigenvalue weighted by molar-refractivity contribution is 0.416. The molecular weight excluding hydrogens is 357 g/mol.